The van der Waals surface area contributed by atoms with Gasteiger partial charge in [0.25, 0.3) is 0 Å². The van der Waals surface area contributed by atoms with Crippen LogP contribution in [0.1, 0.15) is 58.8 Å². The van der Waals surface area contributed by atoms with Crippen LogP contribution in [0.25, 0.3) is 0 Å². The van der Waals surface area contributed by atoms with Crippen LogP contribution in [-0.4, -0.2) is 30.6 Å². The number of hydrogen-bond acceptors (Lipinski definition) is 1. The first-order valence-electron chi connectivity index (χ1n) is 9.54. The van der Waals surface area contributed by atoms with Crippen molar-refractivity contribution in [2.24, 2.45) is 35.0 Å². The summed E-state index contributed by atoms with van der Waals surface area (Å²) in [5.41, 5.74) is 0.456. The molecule has 5 fully saturated rings. The zero-order valence-corrected chi connectivity index (χ0v) is 14.3. The SMILES string of the molecule is C[C@@H]1C[C@@H](C)CN(C(=O)NCC23CC4CC(CC(C4)C2)C3)C1. The molecule has 3 heteroatoms. The zero-order chi connectivity index (χ0) is 15.3. The van der Waals surface area contributed by atoms with Crippen LogP contribution >= 0.6 is 0 Å². The molecule has 0 unspecified atom stereocenters. The molecular weight excluding hydrogens is 272 g/mol. The molecule has 0 aromatic heterocycles. The van der Waals surface area contributed by atoms with Crippen molar-refractivity contribution in [2.45, 2.75) is 58.8 Å². The summed E-state index contributed by atoms with van der Waals surface area (Å²) in [6.07, 6.45) is 9.85. The average Bonchev–Trinajstić information content (AvgIpc) is 2.42. The van der Waals surface area contributed by atoms with Gasteiger partial charge in [0.2, 0.25) is 0 Å². The lowest BCUT2D eigenvalue weighted by molar-refractivity contribution is -0.0504. The third kappa shape index (κ3) is 2.76. The minimum Gasteiger partial charge on any atom is -0.337 e. The summed E-state index contributed by atoms with van der Waals surface area (Å²) in [7, 11) is 0. The molecule has 4 saturated carbocycles. The number of hydrogen-bond donors (Lipinski definition) is 1. The smallest absolute Gasteiger partial charge is 0.317 e. The Morgan fingerprint density at radius 3 is 1.95 bits per heavy atom. The van der Waals surface area contributed by atoms with Gasteiger partial charge in [-0.1, -0.05) is 13.8 Å². The van der Waals surface area contributed by atoms with Gasteiger partial charge in [0.1, 0.15) is 0 Å². The highest BCUT2D eigenvalue weighted by Gasteiger charge is 2.50. The fraction of sp³-hybridized carbons (Fsp3) is 0.947. The van der Waals surface area contributed by atoms with Crippen molar-refractivity contribution in [3.8, 4) is 0 Å². The highest BCUT2D eigenvalue weighted by atomic mass is 16.2. The van der Waals surface area contributed by atoms with Crippen molar-refractivity contribution in [3.05, 3.63) is 0 Å². The molecule has 0 aromatic carbocycles. The lowest BCUT2D eigenvalue weighted by atomic mass is 9.49. The molecule has 0 aromatic rings. The van der Waals surface area contributed by atoms with Crippen molar-refractivity contribution in [1.82, 2.24) is 10.2 Å². The summed E-state index contributed by atoms with van der Waals surface area (Å²) in [4.78, 5) is 14.7. The van der Waals surface area contributed by atoms with Crippen LogP contribution in [0.3, 0.4) is 0 Å². The van der Waals surface area contributed by atoms with Gasteiger partial charge in [-0.15, -0.1) is 0 Å². The van der Waals surface area contributed by atoms with Gasteiger partial charge < -0.3 is 10.2 Å². The predicted molar refractivity (Wildman–Crippen MR) is 88.5 cm³/mol. The molecule has 2 atom stereocenters. The van der Waals surface area contributed by atoms with E-state index in [4.69, 9.17) is 0 Å². The number of urea groups is 1. The van der Waals surface area contributed by atoms with E-state index in [1.165, 1.54) is 44.9 Å². The number of likely N-dealkylation sites (tertiary alicyclic amines) is 1. The normalized spacial score (nSPS) is 46.8. The molecule has 3 nitrogen and oxygen atoms in total. The van der Waals surface area contributed by atoms with E-state index in [-0.39, 0.29) is 6.03 Å². The van der Waals surface area contributed by atoms with Crippen molar-refractivity contribution >= 4 is 6.03 Å². The highest BCUT2D eigenvalue weighted by Crippen LogP contribution is 2.59. The molecule has 2 amide bonds. The number of amides is 2. The van der Waals surface area contributed by atoms with Crippen molar-refractivity contribution in [2.75, 3.05) is 19.6 Å². The monoisotopic (exact) mass is 304 g/mol. The van der Waals surface area contributed by atoms with Crippen molar-refractivity contribution in [3.63, 3.8) is 0 Å². The molecule has 0 radical (unpaired) electrons. The Morgan fingerprint density at radius 2 is 1.45 bits per heavy atom. The molecule has 1 saturated heterocycles. The van der Waals surface area contributed by atoms with Gasteiger partial charge in [-0.3, -0.25) is 0 Å². The molecule has 5 rings (SSSR count). The molecule has 0 spiro atoms. The summed E-state index contributed by atoms with van der Waals surface area (Å²) < 4.78 is 0. The summed E-state index contributed by atoms with van der Waals surface area (Å²) in [5, 5.41) is 3.34. The standard InChI is InChI=1S/C19H32N2O/c1-13-3-14(2)11-21(10-13)18(22)20-12-19-7-15-4-16(8-19)6-17(5-15)9-19/h13-17H,3-12H2,1-2H3,(H,20,22)/t13-,14-,15?,16?,17?,19?/m1/s1. The summed E-state index contributed by atoms with van der Waals surface area (Å²) in [6, 6.07) is 0.203. The second-order valence-corrected chi connectivity index (χ2v) is 9.43. The van der Waals surface area contributed by atoms with E-state index in [1.807, 2.05) is 0 Å². The lowest BCUT2D eigenvalue weighted by Crippen LogP contribution is -2.54. The Kier molecular flexibility index (Phi) is 3.65. The summed E-state index contributed by atoms with van der Waals surface area (Å²) in [5.74, 6) is 4.21. The van der Waals surface area contributed by atoms with Crippen molar-refractivity contribution < 1.29 is 4.79 Å². The molecular formula is C19H32N2O. The minimum absolute atomic E-state index is 0.203. The molecule has 5 aliphatic rings. The third-order valence-electron chi connectivity index (χ3n) is 6.94. The van der Waals surface area contributed by atoms with E-state index in [0.717, 1.165) is 37.4 Å². The van der Waals surface area contributed by atoms with Crippen molar-refractivity contribution in [1.29, 1.82) is 0 Å². The summed E-state index contributed by atoms with van der Waals surface area (Å²) >= 11 is 0. The molecule has 4 aliphatic carbocycles. The number of piperidine rings is 1. The van der Waals surface area contributed by atoms with Gasteiger partial charge in [0, 0.05) is 19.6 Å². The second kappa shape index (κ2) is 5.42. The topological polar surface area (TPSA) is 32.3 Å². The fourth-order valence-electron chi connectivity index (χ4n) is 6.71. The van der Waals surface area contributed by atoms with E-state index in [0.29, 0.717) is 17.3 Å². The van der Waals surface area contributed by atoms with Crippen LogP contribution in [0.15, 0.2) is 0 Å². The number of carbonyl (C=O) groups is 1. The van der Waals surface area contributed by atoms with E-state index in [1.54, 1.807) is 0 Å². The first kappa shape index (κ1) is 14.8. The largest absolute Gasteiger partial charge is 0.337 e. The quantitative estimate of drug-likeness (QED) is 0.824. The number of nitrogens with zero attached hydrogens (tertiary/aromatic N) is 1. The zero-order valence-electron chi connectivity index (χ0n) is 14.3. The fourth-order valence-corrected chi connectivity index (χ4v) is 6.71. The first-order chi connectivity index (χ1) is 10.5. The van der Waals surface area contributed by atoms with Gasteiger partial charge >= 0.3 is 6.03 Å². The second-order valence-electron chi connectivity index (χ2n) is 9.43. The van der Waals surface area contributed by atoms with Gasteiger partial charge in [0.15, 0.2) is 0 Å². The average molecular weight is 304 g/mol. The van der Waals surface area contributed by atoms with Crippen LogP contribution in [0.2, 0.25) is 0 Å². The Bertz CT molecular complexity index is 401. The highest BCUT2D eigenvalue weighted by molar-refractivity contribution is 5.74. The van der Waals surface area contributed by atoms with Gasteiger partial charge in [-0.2, -0.15) is 0 Å². The van der Waals surface area contributed by atoms with Gasteiger partial charge in [-0.25, -0.2) is 4.79 Å². The molecule has 22 heavy (non-hydrogen) atoms. The van der Waals surface area contributed by atoms with E-state index in [9.17, 15) is 4.79 Å². The summed E-state index contributed by atoms with van der Waals surface area (Å²) in [6.45, 7) is 7.37. The maximum absolute atomic E-state index is 12.6. The Morgan fingerprint density at radius 1 is 0.955 bits per heavy atom. The van der Waals surface area contributed by atoms with Gasteiger partial charge in [0.05, 0.1) is 0 Å². The van der Waals surface area contributed by atoms with Crippen LogP contribution in [-0.2, 0) is 0 Å². The molecule has 124 valence electrons. The molecule has 1 N–H and O–H groups in total. The maximum atomic E-state index is 12.6. The Hall–Kier alpha value is -0.730. The number of nitrogens with one attached hydrogen (secondary N) is 1. The first-order valence-corrected chi connectivity index (χ1v) is 9.54. The Labute approximate surface area is 135 Å². The minimum atomic E-state index is 0.203. The predicted octanol–water partition coefficient (Wildman–Crippen LogP) is 3.89. The number of carbonyl (C=O) groups excluding carboxylic acids is 1. The molecule has 4 bridgehead atoms. The molecule has 1 heterocycles. The van der Waals surface area contributed by atoms with Gasteiger partial charge in [-0.05, 0) is 80.0 Å². The van der Waals surface area contributed by atoms with E-state index < -0.39 is 0 Å². The maximum Gasteiger partial charge on any atom is 0.317 e. The number of rotatable bonds is 2. The van der Waals surface area contributed by atoms with E-state index >= 15 is 0 Å². The van der Waals surface area contributed by atoms with Crippen LogP contribution < -0.4 is 5.32 Å². The Balaban J connectivity index is 1.35. The lowest BCUT2D eigenvalue weighted by Gasteiger charge is -2.57. The van der Waals surface area contributed by atoms with Crippen LogP contribution in [0.5, 0.6) is 0 Å². The van der Waals surface area contributed by atoms with Crippen LogP contribution in [0, 0.1) is 35.0 Å². The third-order valence-corrected chi connectivity index (χ3v) is 6.94. The van der Waals surface area contributed by atoms with E-state index in [2.05, 4.69) is 24.1 Å². The van der Waals surface area contributed by atoms with Crippen LogP contribution in [0.4, 0.5) is 4.79 Å². The molecule has 1 aliphatic heterocycles.